The number of para-hydroxylation sites is 1. The fourth-order valence-electron chi connectivity index (χ4n) is 3.17. The number of benzene rings is 2. The Morgan fingerprint density at radius 3 is 2.68 bits per heavy atom. The Hall–Kier alpha value is -3.44. The summed E-state index contributed by atoms with van der Waals surface area (Å²) >= 11 is 0. The molecule has 0 saturated heterocycles. The highest BCUT2D eigenvalue weighted by molar-refractivity contribution is 6.08. The van der Waals surface area contributed by atoms with Crippen molar-refractivity contribution in [2.75, 3.05) is 13.2 Å². The van der Waals surface area contributed by atoms with Crippen molar-refractivity contribution < 1.29 is 14.6 Å². The molecule has 4 aromatic rings. The lowest BCUT2D eigenvalue weighted by molar-refractivity contribution is 0.103. The van der Waals surface area contributed by atoms with E-state index in [-0.39, 0.29) is 19.0 Å². The second-order valence-corrected chi connectivity index (χ2v) is 6.48. The summed E-state index contributed by atoms with van der Waals surface area (Å²) in [5.74, 6) is 0.579. The Morgan fingerprint density at radius 2 is 1.86 bits per heavy atom. The molecule has 0 unspecified atom stereocenters. The average Bonchev–Trinajstić information content (AvgIpc) is 3.20. The van der Waals surface area contributed by atoms with Gasteiger partial charge in [-0.2, -0.15) is 0 Å². The van der Waals surface area contributed by atoms with Gasteiger partial charge in [-0.3, -0.25) is 9.78 Å². The lowest BCUT2D eigenvalue weighted by Crippen LogP contribution is -2.11. The molecule has 0 aliphatic rings. The van der Waals surface area contributed by atoms with E-state index < -0.39 is 0 Å². The van der Waals surface area contributed by atoms with Gasteiger partial charge in [-0.15, -0.1) is 0 Å². The molecule has 5 heteroatoms. The monoisotopic (exact) mass is 372 g/mol. The zero-order chi connectivity index (χ0) is 19.3. The van der Waals surface area contributed by atoms with Gasteiger partial charge < -0.3 is 14.4 Å². The van der Waals surface area contributed by atoms with Crippen LogP contribution in [0, 0.1) is 0 Å². The van der Waals surface area contributed by atoms with Crippen LogP contribution in [0.2, 0.25) is 0 Å². The molecule has 0 radical (unpaired) electrons. The van der Waals surface area contributed by atoms with E-state index in [1.54, 1.807) is 24.3 Å². The highest BCUT2D eigenvalue weighted by Crippen LogP contribution is 2.18. The lowest BCUT2D eigenvalue weighted by Gasteiger charge is -2.10. The topological polar surface area (TPSA) is 64.3 Å². The van der Waals surface area contributed by atoms with E-state index in [0.29, 0.717) is 23.6 Å². The summed E-state index contributed by atoms with van der Waals surface area (Å²) in [7, 11) is 0. The number of ether oxygens (including phenoxy) is 1. The van der Waals surface area contributed by atoms with Crippen molar-refractivity contribution in [2.24, 2.45) is 0 Å². The van der Waals surface area contributed by atoms with Crippen LogP contribution in [0.3, 0.4) is 0 Å². The standard InChI is InChI=1S/C23H20N2O3/c26-12-13-28-20-9-7-18(8-10-20)23(27)22-6-3-11-25(22)16-17-14-19-4-1-2-5-21(19)24-15-17/h1-11,14-15,26H,12-13,16H2. The maximum absolute atomic E-state index is 12.9. The Morgan fingerprint density at radius 1 is 1.04 bits per heavy atom. The van der Waals surface area contributed by atoms with E-state index in [4.69, 9.17) is 9.84 Å². The molecule has 0 aliphatic carbocycles. The molecule has 2 aromatic carbocycles. The molecule has 2 aromatic heterocycles. The molecule has 0 amide bonds. The molecule has 2 heterocycles. The minimum atomic E-state index is -0.0487. The van der Waals surface area contributed by atoms with Crippen LogP contribution in [0.25, 0.3) is 10.9 Å². The van der Waals surface area contributed by atoms with Crippen LogP contribution in [0.4, 0.5) is 0 Å². The molecule has 0 bridgehead atoms. The first-order valence-electron chi connectivity index (χ1n) is 9.12. The molecule has 0 fully saturated rings. The number of aromatic nitrogens is 2. The van der Waals surface area contributed by atoms with Gasteiger partial charge >= 0.3 is 0 Å². The van der Waals surface area contributed by atoms with Gasteiger partial charge in [0.25, 0.3) is 0 Å². The van der Waals surface area contributed by atoms with Crippen molar-refractivity contribution in [3.63, 3.8) is 0 Å². The Balaban J connectivity index is 1.55. The zero-order valence-corrected chi connectivity index (χ0v) is 15.3. The third-order valence-electron chi connectivity index (χ3n) is 4.54. The maximum atomic E-state index is 12.9. The van der Waals surface area contributed by atoms with Crippen molar-refractivity contribution in [2.45, 2.75) is 6.54 Å². The van der Waals surface area contributed by atoms with Gasteiger partial charge in [0.2, 0.25) is 5.78 Å². The third-order valence-corrected chi connectivity index (χ3v) is 4.54. The predicted molar refractivity (Wildman–Crippen MR) is 108 cm³/mol. The number of ketones is 1. The molecular formula is C23H20N2O3. The molecule has 0 aliphatic heterocycles. The number of aliphatic hydroxyl groups excluding tert-OH is 1. The largest absolute Gasteiger partial charge is 0.491 e. The van der Waals surface area contributed by atoms with Gasteiger partial charge in [0.05, 0.1) is 17.8 Å². The van der Waals surface area contributed by atoms with E-state index >= 15 is 0 Å². The Labute approximate surface area is 162 Å². The Kier molecular flexibility index (Phi) is 5.17. The lowest BCUT2D eigenvalue weighted by atomic mass is 10.1. The molecule has 1 N–H and O–H groups in total. The van der Waals surface area contributed by atoms with Crippen molar-refractivity contribution >= 4 is 16.7 Å². The maximum Gasteiger partial charge on any atom is 0.209 e. The third kappa shape index (κ3) is 3.80. The van der Waals surface area contributed by atoms with E-state index in [9.17, 15) is 4.79 Å². The van der Waals surface area contributed by atoms with Gasteiger partial charge in [-0.1, -0.05) is 18.2 Å². The summed E-state index contributed by atoms with van der Waals surface area (Å²) < 4.78 is 7.28. The SMILES string of the molecule is O=C(c1ccc(OCCO)cc1)c1cccn1Cc1cnc2ccccc2c1. The van der Waals surface area contributed by atoms with Crippen molar-refractivity contribution in [1.82, 2.24) is 9.55 Å². The first kappa shape index (κ1) is 17.9. The highest BCUT2D eigenvalue weighted by atomic mass is 16.5. The normalized spacial score (nSPS) is 10.9. The summed E-state index contributed by atoms with van der Waals surface area (Å²) in [6.07, 6.45) is 3.75. The van der Waals surface area contributed by atoms with E-state index in [1.165, 1.54) is 0 Å². The number of nitrogens with zero attached hydrogens (tertiary/aromatic N) is 2. The summed E-state index contributed by atoms with van der Waals surface area (Å²) in [4.78, 5) is 17.4. The molecule has 5 nitrogen and oxygen atoms in total. The van der Waals surface area contributed by atoms with Gasteiger partial charge in [-0.05, 0) is 54.1 Å². The molecule has 0 spiro atoms. The van der Waals surface area contributed by atoms with Gasteiger partial charge in [0, 0.05) is 29.9 Å². The molecule has 140 valence electrons. The van der Waals surface area contributed by atoms with E-state index in [0.717, 1.165) is 16.5 Å². The van der Waals surface area contributed by atoms with Crippen LogP contribution < -0.4 is 4.74 Å². The van der Waals surface area contributed by atoms with Gasteiger partial charge in [-0.25, -0.2) is 0 Å². The first-order chi connectivity index (χ1) is 13.7. The van der Waals surface area contributed by atoms with E-state index in [1.807, 2.05) is 53.4 Å². The highest BCUT2D eigenvalue weighted by Gasteiger charge is 2.14. The van der Waals surface area contributed by atoms with Crippen molar-refractivity contribution in [3.05, 3.63) is 95.9 Å². The number of carbonyl (C=O) groups is 1. The molecular weight excluding hydrogens is 352 g/mol. The van der Waals surface area contributed by atoms with Crippen LogP contribution in [0.5, 0.6) is 5.75 Å². The van der Waals surface area contributed by atoms with Crippen LogP contribution in [0.1, 0.15) is 21.6 Å². The molecule has 4 rings (SSSR count). The molecule has 28 heavy (non-hydrogen) atoms. The molecule has 0 saturated carbocycles. The number of aliphatic hydroxyl groups is 1. The average molecular weight is 372 g/mol. The zero-order valence-electron chi connectivity index (χ0n) is 15.3. The number of hydrogen-bond acceptors (Lipinski definition) is 4. The predicted octanol–water partition coefficient (Wildman–Crippen LogP) is 3.69. The van der Waals surface area contributed by atoms with Crippen LogP contribution in [-0.2, 0) is 6.54 Å². The van der Waals surface area contributed by atoms with Crippen molar-refractivity contribution in [3.8, 4) is 5.75 Å². The van der Waals surface area contributed by atoms with Gasteiger partial charge in [0.15, 0.2) is 0 Å². The number of pyridine rings is 1. The minimum Gasteiger partial charge on any atom is -0.491 e. The smallest absolute Gasteiger partial charge is 0.209 e. The molecule has 0 atom stereocenters. The first-order valence-corrected chi connectivity index (χ1v) is 9.12. The van der Waals surface area contributed by atoms with Crippen LogP contribution in [0.15, 0.2) is 79.1 Å². The van der Waals surface area contributed by atoms with Crippen LogP contribution in [-0.4, -0.2) is 33.7 Å². The van der Waals surface area contributed by atoms with E-state index in [2.05, 4.69) is 11.1 Å². The quantitative estimate of drug-likeness (QED) is 0.503. The fraction of sp³-hybridized carbons (Fsp3) is 0.130. The summed E-state index contributed by atoms with van der Waals surface area (Å²) in [6.45, 7) is 0.761. The van der Waals surface area contributed by atoms with Crippen molar-refractivity contribution in [1.29, 1.82) is 0 Å². The second kappa shape index (κ2) is 8.06. The van der Waals surface area contributed by atoms with Crippen LogP contribution >= 0.6 is 0 Å². The summed E-state index contributed by atoms with van der Waals surface area (Å²) in [5.41, 5.74) is 3.21. The Bertz CT molecular complexity index is 1100. The van der Waals surface area contributed by atoms with Gasteiger partial charge in [0.1, 0.15) is 12.4 Å². The second-order valence-electron chi connectivity index (χ2n) is 6.48. The summed E-state index contributed by atoms with van der Waals surface area (Å²) in [6, 6.07) is 20.7. The number of fused-ring (bicyclic) bond motifs is 1. The number of carbonyl (C=O) groups excluding carboxylic acids is 1. The number of hydrogen-bond donors (Lipinski definition) is 1. The fourth-order valence-corrected chi connectivity index (χ4v) is 3.17. The summed E-state index contributed by atoms with van der Waals surface area (Å²) in [5, 5.41) is 9.90. The minimum absolute atomic E-state index is 0.0438. The number of rotatable bonds is 7.